The molecule has 0 aliphatic heterocycles. The minimum Gasteiger partial charge on any atom is -0.443 e. The van der Waals surface area contributed by atoms with E-state index in [0.717, 1.165) is 4.90 Å². The molecule has 3 amide bonds. The van der Waals surface area contributed by atoms with Gasteiger partial charge in [0.05, 0.1) is 0 Å². The Hall–Kier alpha value is -1.30. The molecule has 0 aromatic carbocycles. The Kier molecular flexibility index (Phi) is 5.23. The van der Waals surface area contributed by atoms with Gasteiger partial charge in [-0.3, -0.25) is 5.21 Å². The van der Waals surface area contributed by atoms with E-state index >= 15 is 0 Å². The molecule has 0 heterocycles. The van der Waals surface area contributed by atoms with Gasteiger partial charge in [-0.15, -0.1) is 0 Å². The smallest absolute Gasteiger partial charge is 0.418 e. The number of imide groups is 1. The average Bonchev–Trinajstić information content (AvgIpc) is 2.09. The maximum Gasteiger partial charge on any atom is 0.418 e. The highest BCUT2D eigenvalue weighted by atomic mass is 16.6. The summed E-state index contributed by atoms with van der Waals surface area (Å²) in [4.78, 5) is 23.7. The molecule has 0 saturated heterocycles. The predicted octanol–water partition coefficient (Wildman–Crippen LogP) is 1.98. The van der Waals surface area contributed by atoms with Gasteiger partial charge in [-0.1, -0.05) is 13.8 Å². The molecule has 6 heteroatoms. The van der Waals surface area contributed by atoms with Crippen molar-refractivity contribution < 1.29 is 19.5 Å². The Morgan fingerprint density at radius 3 is 2.19 bits per heavy atom. The Labute approximate surface area is 95.5 Å². The first kappa shape index (κ1) is 14.7. The lowest BCUT2D eigenvalue weighted by Gasteiger charge is -2.26. The monoisotopic (exact) mass is 232 g/mol. The van der Waals surface area contributed by atoms with Gasteiger partial charge in [0.2, 0.25) is 0 Å². The van der Waals surface area contributed by atoms with Crippen molar-refractivity contribution in [3.63, 3.8) is 0 Å². The molecule has 0 bridgehead atoms. The van der Waals surface area contributed by atoms with E-state index in [1.54, 1.807) is 20.8 Å². The zero-order valence-corrected chi connectivity index (χ0v) is 10.4. The number of hydrogen-bond acceptors (Lipinski definition) is 4. The van der Waals surface area contributed by atoms with Crippen LogP contribution in [-0.4, -0.2) is 34.4 Å². The molecule has 2 N–H and O–H groups in total. The second kappa shape index (κ2) is 5.69. The lowest BCUT2D eigenvalue weighted by Crippen LogP contribution is -2.46. The first-order valence-electron chi connectivity index (χ1n) is 5.12. The maximum atomic E-state index is 11.6. The van der Waals surface area contributed by atoms with Crippen LogP contribution in [0, 0.1) is 5.92 Å². The van der Waals surface area contributed by atoms with Crippen molar-refractivity contribution in [2.75, 3.05) is 6.54 Å². The van der Waals surface area contributed by atoms with Gasteiger partial charge in [0, 0.05) is 6.54 Å². The van der Waals surface area contributed by atoms with Crippen molar-refractivity contribution in [2.45, 2.75) is 40.2 Å². The van der Waals surface area contributed by atoms with E-state index in [4.69, 9.17) is 9.94 Å². The van der Waals surface area contributed by atoms with E-state index in [0.29, 0.717) is 0 Å². The molecule has 0 aromatic heterocycles. The van der Waals surface area contributed by atoms with Crippen molar-refractivity contribution in [3.05, 3.63) is 0 Å². The summed E-state index contributed by atoms with van der Waals surface area (Å²) in [6.07, 6.45) is -0.771. The molecular weight excluding hydrogens is 212 g/mol. The summed E-state index contributed by atoms with van der Waals surface area (Å²) in [5.41, 5.74) is 0.745. The van der Waals surface area contributed by atoms with Crippen molar-refractivity contribution in [2.24, 2.45) is 5.92 Å². The molecule has 0 aromatic rings. The first-order valence-corrected chi connectivity index (χ1v) is 5.12. The maximum absolute atomic E-state index is 11.6. The molecule has 0 radical (unpaired) electrons. The topological polar surface area (TPSA) is 78.9 Å². The quantitative estimate of drug-likeness (QED) is 0.563. The van der Waals surface area contributed by atoms with E-state index in [1.165, 1.54) is 5.48 Å². The lowest BCUT2D eigenvalue weighted by molar-refractivity contribution is 0.0261. The number of nitrogens with zero attached hydrogens (tertiary/aromatic N) is 1. The van der Waals surface area contributed by atoms with Crippen LogP contribution in [0.15, 0.2) is 0 Å². The van der Waals surface area contributed by atoms with Crippen LogP contribution < -0.4 is 5.48 Å². The zero-order valence-electron chi connectivity index (χ0n) is 10.4. The summed E-state index contributed by atoms with van der Waals surface area (Å²) in [6.45, 7) is 8.99. The number of rotatable bonds is 2. The highest BCUT2D eigenvalue weighted by molar-refractivity contribution is 5.90. The molecule has 0 aliphatic carbocycles. The third-order valence-corrected chi connectivity index (χ3v) is 1.50. The van der Waals surface area contributed by atoms with E-state index < -0.39 is 17.7 Å². The number of carbonyl (C=O) groups excluding carboxylic acids is 2. The molecule has 0 unspecified atom stereocenters. The molecule has 0 rings (SSSR count). The minimum atomic E-state index is -0.886. The van der Waals surface area contributed by atoms with Gasteiger partial charge in [0.25, 0.3) is 0 Å². The number of urea groups is 1. The number of ether oxygens (including phenoxy) is 1. The molecule has 0 atom stereocenters. The van der Waals surface area contributed by atoms with Gasteiger partial charge < -0.3 is 4.74 Å². The van der Waals surface area contributed by atoms with E-state index in [-0.39, 0.29) is 12.5 Å². The van der Waals surface area contributed by atoms with Crippen LogP contribution in [-0.2, 0) is 4.74 Å². The van der Waals surface area contributed by atoms with Crippen LogP contribution >= 0.6 is 0 Å². The number of hydrogen-bond donors (Lipinski definition) is 2. The summed E-state index contributed by atoms with van der Waals surface area (Å²) in [7, 11) is 0. The average molecular weight is 232 g/mol. The predicted molar refractivity (Wildman–Crippen MR) is 58.1 cm³/mol. The van der Waals surface area contributed by atoms with Gasteiger partial charge >= 0.3 is 12.1 Å². The molecule has 0 aliphatic rings. The molecule has 6 nitrogen and oxygen atoms in total. The molecule has 0 fully saturated rings. The van der Waals surface area contributed by atoms with Crippen molar-refractivity contribution in [1.29, 1.82) is 0 Å². The highest BCUT2D eigenvalue weighted by Gasteiger charge is 2.27. The standard InChI is InChI=1S/C10H20N2O4/c1-7(2)6-12(8(13)11-15)9(14)16-10(3,4)5/h7,15H,6H2,1-5H3,(H,11,13). The van der Waals surface area contributed by atoms with Crippen LogP contribution in [0.5, 0.6) is 0 Å². The van der Waals surface area contributed by atoms with Gasteiger partial charge in [0.1, 0.15) is 5.60 Å². The van der Waals surface area contributed by atoms with Crippen molar-refractivity contribution >= 4 is 12.1 Å². The van der Waals surface area contributed by atoms with Crippen molar-refractivity contribution in [3.8, 4) is 0 Å². The summed E-state index contributed by atoms with van der Waals surface area (Å²) in [6, 6.07) is -0.886. The van der Waals surface area contributed by atoms with Crippen LogP contribution in [0.3, 0.4) is 0 Å². The summed E-state index contributed by atoms with van der Waals surface area (Å²) >= 11 is 0. The normalized spacial score (nSPS) is 11.2. The fraction of sp³-hybridized carbons (Fsp3) is 0.800. The van der Waals surface area contributed by atoms with Gasteiger partial charge in [0.15, 0.2) is 0 Å². The summed E-state index contributed by atoms with van der Waals surface area (Å²) in [5, 5.41) is 8.52. The van der Waals surface area contributed by atoms with Gasteiger partial charge in [-0.05, 0) is 26.7 Å². The summed E-state index contributed by atoms with van der Waals surface area (Å²) in [5.74, 6) is 0.0878. The van der Waals surface area contributed by atoms with E-state index in [2.05, 4.69) is 0 Å². The molecule has 16 heavy (non-hydrogen) atoms. The number of nitrogens with one attached hydrogen (secondary N) is 1. The van der Waals surface area contributed by atoms with Crippen LogP contribution in [0.2, 0.25) is 0 Å². The van der Waals surface area contributed by atoms with Crippen molar-refractivity contribution in [1.82, 2.24) is 10.4 Å². The molecule has 94 valence electrons. The second-order valence-electron chi connectivity index (χ2n) is 4.90. The van der Waals surface area contributed by atoms with Gasteiger partial charge in [-0.2, -0.15) is 0 Å². The largest absolute Gasteiger partial charge is 0.443 e. The molecule has 0 saturated carbocycles. The molecular formula is C10H20N2O4. The Balaban J connectivity index is 4.63. The second-order valence-corrected chi connectivity index (χ2v) is 4.90. The third kappa shape index (κ3) is 5.55. The number of hydroxylamine groups is 1. The fourth-order valence-corrected chi connectivity index (χ4v) is 0.983. The fourth-order valence-electron chi connectivity index (χ4n) is 0.983. The summed E-state index contributed by atoms with van der Waals surface area (Å²) < 4.78 is 5.04. The number of amides is 3. The number of carbonyl (C=O) groups is 2. The Bertz CT molecular complexity index is 258. The Morgan fingerprint density at radius 2 is 1.88 bits per heavy atom. The first-order chi connectivity index (χ1) is 7.17. The van der Waals surface area contributed by atoms with Crippen LogP contribution in [0.25, 0.3) is 0 Å². The highest BCUT2D eigenvalue weighted by Crippen LogP contribution is 2.11. The van der Waals surface area contributed by atoms with Gasteiger partial charge in [-0.25, -0.2) is 20.0 Å². The van der Waals surface area contributed by atoms with Crippen LogP contribution in [0.4, 0.5) is 9.59 Å². The third-order valence-electron chi connectivity index (χ3n) is 1.50. The lowest BCUT2D eigenvalue weighted by atomic mass is 10.2. The minimum absolute atomic E-state index is 0.0878. The van der Waals surface area contributed by atoms with E-state index in [9.17, 15) is 9.59 Å². The van der Waals surface area contributed by atoms with Crippen LogP contribution in [0.1, 0.15) is 34.6 Å². The Morgan fingerprint density at radius 1 is 1.38 bits per heavy atom. The zero-order chi connectivity index (χ0) is 12.9. The van der Waals surface area contributed by atoms with E-state index in [1.807, 2.05) is 13.8 Å². The molecule has 0 spiro atoms. The SMILES string of the molecule is CC(C)CN(C(=O)NO)C(=O)OC(C)(C)C.